The first-order chi connectivity index (χ1) is 9.97. The van der Waals surface area contributed by atoms with Crippen molar-refractivity contribution in [2.75, 3.05) is 0 Å². The van der Waals surface area contributed by atoms with Crippen molar-refractivity contribution in [3.63, 3.8) is 0 Å². The maximum atomic E-state index is 12.3. The van der Waals surface area contributed by atoms with Crippen LogP contribution in [-0.4, -0.2) is 18.1 Å². The van der Waals surface area contributed by atoms with Crippen LogP contribution in [0.2, 0.25) is 0 Å². The summed E-state index contributed by atoms with van der Waals surface area (Å²) in [5.74, 6) is 0.867. The average Bonchev–Trinajstić information content (AvgIpc) is 2.84. The molecule has 3 N–H and O–H groups in total. The van der Waals surface area contributed by atoms with Crippen molar-refractivity contribution < 1.29 is 9.53 Å². The van der Waals surface area contributed by atoms with Crippen LogP contribution in [0.3, 0.4) is 0 Å². The summed E-state index contributed by atoms with van der Waals surface area (Å²) < 4.78 is 5.69. The second kappa shape index (κ2) is 8.39. The van der Waals surface area contributed by atoms with Gasteiger partial charge in [0.2, 0.25) is 5.91 Å². The Morgan fingerprint density at radius 2 is 2.05 bits per heavy atom. The first-order valence-corrected chi connectivity index (χ1v) is 7.80. The molecule has 1 saturated carbocycles. The molecule has 2 rings (SSSR count). The van der Waals surface area contributed by atoms with Crippen molar-refractivity contribution in [3.8, 4) is 5.75 Å². The highest BCUT2D eigenvalue weighted by atomic mass is 35.5. The molecular formula is C17H27ClN2O2. The Bertz CT molecular complexity index is 493. The minimum absolute atomic E-state index is 0. The predicted octanol–water partition coefficient (Wildman–Crippen LogP) is 3.20. The first kappa shape index (κ1) is 18.8. The third-order valence-electron chi connectivity index (χ3n) is 3.99. The molecule has 22 heavy (non-hydrogen) atoms. The molecule has 1 aromatic rings. The van der Waals surface area contributed by atoms with Crippen LogP contribution in [-0.2, 0) is 4.79 Å². The molecule has 4 nitrogen and oxygen atoms in total. The number of hydrogen-bond donors (Lipinski definition) is 2. The molecule has 0 aromatic heterocycles. The smallest absolute Gasteiger partial charge is 0.225 e. The van der Waals surface area contributed by atoms with E-state index in [1.807, 2.05) is 45.0 Å². The van der Waals surface area contributed by atoms with Gasteiger partial charge >= 0.3 is 0 Å². The van der Waals surface area contributed by atoms with Gasteiger partial charge in [0.1, 0.15) is 5.75 Å². The molecule has 1 aliphatic carbocycles. The number of rotatable bonds is 5. The highest BCUT2D eigenvalue weighted by Crippen LogP contribution is 2.26. The molecule has 1 aliphatic rings. The Kier molecular flexibility index (Phi) is 7.17. The van der Waals surface area contributed by atoms with E-state index in [4.69, 9.17) is 10.5 Å². The van der Waals surface area contributed by atoms with Gasteiger partial charge < -0.3 is 15.8 Å². The van der Waals surface area contributed by atoms with Crippen LogP contribution in [0, 0.1) is 5.92 Å². The zero-order valence-electron chi connectivity index (χ0n) is 13.5. The molecular weight excluding hydrogens is 300 g/mol. The van der Waals surface area contributed by atoms with E-state index in [1.54, 1.807) is 0 Å². The summed E-state index contributed by atoms with van der Waals surface area (Å²) in [5.41, 5.74) is 7.04. The average molecular weight is 327 g/mol. The topological polar surface area (TPSA) is 64.3 Å². The molecule has 3 unspecified atom stereocenters. The lowest BCUT2D eigenvalue weighted by molar-refractivity contribution is -0.125. The molecule has 0 heterocycles. The number of nitrogens with two attached hydrogens (primary N) is 1. The van der Waals surface area contributed by atoms with Gasteiger partial charge in [0.15, 0.2) is 0 Å². The second-order valence-corrected chi connectivity index (χ2v) is 6.17. The van der Waals surface area contributed by atoms with E-state index < -0.39 is 0 Å². The standard InChI is InChI=1S/C17H26N2O2.ClH/c1-11(2)21-14-7-4-6-13(10-14)12(3)19-17(20)15-8-5-9-16(15)18;/h4,6-7,10-12,15-16H,5,8-9,18H2,1-3H3,(H,19,20);1H. The van der Waals surface area contributed by atoms with Crippen molar-refractivity contribution >= 4 is 18.3 Å². The number of halogens is 1. The van der Waals surface area contributed by atoms with Crippen molar-refractivity contribution in [1.29, 1.82) is 0 Å². The predicted molar refractivity (Wildman–Crippen MR) is 91.3 cm³/mol. The Morgan fingerprint density at radius 3 is 2.64 bits per heavy atom. The fourth-order valence-corrected chi connectivity index (χ4v) is 2.85. The number of amides is 1. The quantitative estimate of drug-likeness (QED) is 0.873. The number of carbonyl (C=O) groups excluding carboxylic acids is 1. The van der Waals surface area contributed by atoms with Crippen molar-refractivity contribution in [2.45, 2.75) is 58.2 Å². The SMILES string of the molecule is CC(C)Oc1cccc(C(C)NC(=O)C2CCCC2N)c1.Cl. The van der Waals surface area contributed by atoms with Crippen molar-refractivity contribution in [1.82, 2.24) is 5.32 Å². The molecule has 1 amide bonds. The molecule has 0 radical (unpaired) electrons. The van der Waals surface area contributed by atoms with Gasteiger partial charge in [-0.05, 0) is 51.3 Å². The molecule has 0 saturated heterocycles. The van der Waals surface area contributed by atoms with Gasteiger partial charge in [0.05, 0.1) is 18.1 Å². The Hall–Kier alpha value is -1.26. The second-order valence-electron chi connectivity index (χ2n) is 6.17. The van der Waals surface area contributed by atoms with Crippen LogP contribution < -0.4 is 15.8 Å². The van der Waals surface area contributed by atoms with E-state index in [2.05, 4.69) is 5.32 Å². The zero-order chi connectivity index (χ0) is 15.4. The largest absolute Gasteiger partial charge is 0.491 e. The number of nitrogens with one attached hydrogen (secondary N) is 1. The Balaban J connectivity index is 0.00000242. The summed E-state index contributed by atoms with van der Waals surface area (Å²) in [7, 11) is 0. The normalized spacial score (nSPS) is 22.0. The maximum Gasteiger partial charge on any atom is 0.225 e. The Morgan fingerprint density at radius 1 is 1.32 bits per heavy atom. The summed E-state index contributed by atoms with van der Waals surface area (Å²) in [6.45, 7) is 5.99. The molecule has 0 bridgehead atoms. The molecule has 0 aliphatic heterocycles. The van der Waals surface area contributed by atoms with E-state index in [1.165, 1.54) is 0 Å². The minimum atomic E-state index is -0.0407. The van der Waals surface area contributed by atoms with Crippen LogP contribution in [0.15, 0.2) is 24.3 Å². The highest BCUT2D eigenvalue weighted by Gasteiger charge is 2.30. The van der Waals surface area contributed by atoms with Gasteiger partial charge in [-0.15, -0.1) is 12.4 Å². The molecule has 1 aromatic carbocycles. The maximum absolute atomic E-state index is 12.3. The molecule has 1 fully saturated rings. The lowest BCUT2D eigenvalue weighted by Gasteiger charge is -2.20. The van der Waals surface area contributed by atoms with Crippen LogP contribution >= 0.6 is 12.4 Å². The molecule has 3 atom stereocenters. The fourth-order valence-electron chi connectivity index (χ4n) is 2.85. The number of ether oxygens (including phenoxy) is 1. The van der Waals surface area contributed by atoms with Crippen LogP contribution in [0.4, 0.5) is 0 Å². The highest BCUT2D eigenvalue weighted by molar-refractivity contribution is 5.85. The third kappa shape index (κ3) is 4.89. The van der Waals surface area contributed by atoms with E-state index in [9.17, 15) is 4.79 Å². The van der Waals surface area contributed by atoms with Gasteiger partial charge in [0.25, 0.3) is 0 Å². The first-order valence-electron chi connectivity index (χ1n) is 7.80. The van der Waals surface area contributed by atoms with E-state index in [0.29, 0.717) is 0 Å². The summed E-state index contributed by atoms with van der Waals surface area (Å²) >= 11 is 0. The fraction of sp³-hybridized carbons (Fsp3) is 0.588. The van der Waals surface area contributed by atoms with Gasteiger partial charge in [-0.2, -0.15) is 0 Å². The van der Waals surface area contributed by atoms with E-state index in [-0.39, 0.29) is 42.4 Å². The summed E-state index contributed by atoms with van der Waals surface area (Å²) in [6.07, 6.45) is 3.03. The number of benzene rings is 1. The summed E-state index contributed by atoms with van der Waals surface area (Å²) in [6, 6.07) is 7.85. The number of carbonyl (C=O) groups is 1. The lowest BCUT2D eigenvalue weighted by atomic mass is 10.0. The number of hydrogen-bond acceptors (Lipinski definition) is 3. The minimum Gasteiger partial charge on any atom is -0.491 e. The van der Waals surface area contributed by atoms with Gasteiger partial charge in [-0.25, -0.2) is 0 Å². The molecule has 0 spiro atoms. The van der Waals surface area contributed by atoms with Crippen LogP contribution in [0.5, 0.6) is 5.75 Å². The monoisotopic (exact) mass is 326 g/mol. The lowest BCUT2D eigenvalue weighted by Crippen LogP contribution is -2.39. The van der Waals surface area contributed by atoms with Crippen molar-refractivity contribution in [2.24, 2.45) is 11.7 Å². The van der Waals surface area contributed by atoms with Crippen LogP contribution in [0.1, 0.15) is 51.6 Å². The summed E-state index contributed by atoms with van der Waals surface area (Å²) in [4.78, 5) is 12.3. The van der Waals surface area contributed by atoms with Gasteiger partial charge in [0, 0.05) is 6.04 Å². The molecule has 124 valence electrons. The zero-order valence-corrected chi connectivity index (χ0v) is 14.4. The summed E-state index contributed by atoms with van der Waals surface area (Å²) in [5, 5.41) is 3.07. The van der Waals surface area contributed by atoms with Crippen LogP contribution in [0.25, 0.3) is 0 Å². The van der Waals surface area contributed by atoms with Gasteiger partial charge in [-0.3, -0.25) is 4.79 Å². The van der Waals surface area contributed by atoms with E-state index >= 15 is 0 Å². The van der Waals surface area contributed by atoms with E-state index in [0.717, 1.165) is 30.6 Å². The van der Waals surface area contributed by atoms with Crippen molar-refractivity contribution in [3.05, 3.63) is 29.8 Å². The molecule has 5 heteroatoms. The van der Waals surface area contributed by atoms with Gasteiger partial charge in [-0.1, -0.05) is 18.6 Å². The Labute approximate surface area is 139 Å². The third-order valence-corrected chi connectivity index (χ3v) is 3.99.